The number of esters is 2. The summed E-state index contributed by atoms with van der Waals surface area (Å²) in [5.41, 5.74) is -0.00735. The van der Waals surface area contributed by atoms with Gasteiger partial charge in [0, 0.05) is 22.6 Å². The number of carbonyl (C=O) groups is 5. The minimum atomic E-state index is -1.32. The Bertz CT molecular complexity index is 1050. The lowest BCUT2D eigenvalue weighted by atomic mass is 9.90. The molecule has 0 radical (unpaired) electrons. The van der Waals surface area contributed by atoms with Gasteiger partial charge in [0.2, 0.25) is 0 Å². The molecule has 1 atom stereocenters. The van der Waals surface area contributed by atoms with Gasteiger partial charge in [-0.2, -0.15) is 0 Å². The Morgan fingerprint density at radius 2 is 1.54 bits per heavy atom. The summed E-state index contributed by atoms with van der Waals surface area (Å²) in [4.78, 5) is 60.0. The number of Topliss-reactive ketones (excluding diaryl/α,β-unsaturated/α-hetero) is 1. The first-order valence-corrected chi connectivity index (χ1v) is 8.61. The highest BCUT2D eigenvalue weighted by Crippen LogP contribution is 2.24. The maximum atomic E-state index is 12.8. The molecule has 142 valence electrons. The summed E-state index contributed by atoms with van der Waals surface area (Å²) in [6, 6.07) is 7.77. The lowest BCUT2D eigenvalue weighted by Crippen LogP contribution is -2.16. The van der Waals surface area contributed by atoms with Gasteiger partial charge in [-0.25, -0.2) is 14.4 Å². The van der Waals surface area contributed by atoms with Crippen LogP contribution < -0.4 is 0 Å². The zero-order valence-corrected chi connectivity index (χ0v) is 15.1. The zero-order chi connectivity index (χ0) is 20.6. The minimum Gasteiger partial charge on any atom is -0.478 e. The number of hydrogen-bond acceptors (Lipinski definition) is 6. The van der Waals surface area contributed by atoms with E-state index in [4.69, 9.17) is 0 Å². The van der Waals surface area contributed by atoms with Gasteiger partial charge in [-0.1, -0.05) is 26.0 Å². The van der Waals surface area contributed by atoms with Crippen LogP contribution >= 0.6 is 0 Å². The van der Waals surface area contributed by atoms with Gasteiger partial charge in [-0.3, -0.25) is 9.59 Å². The van der Waals surface area contributed by atoms with E-state index in [9.17, 15) is 29.1 Å². The maximum Gasteiger partial charge on any atom is 0.346 e. The molecule has 0 aliphatic carbocycles. The minimum absolute atomic E-state index is 0.0159. The summed E-state index contributed by atoms with van der Waals surface area (Å²) in [6.07, 6.45) is 0.558. The lowest BCUT2D eigenvalue weighted by Gasteiger charge is -2.11. The van der Waals surface area contributed by atoms with Crippen molar-refractivity contribution in [2.24, 2.45) is 5.92 Å². The fraction of sp³-hybridized carbons (Fsp3) is 0.190. The van der Waals surface area contributed by atoms with Gasteiger partial charge in [0.1, 0.15) is 0 Å². The molecule has 28 heavy (non-hydrogen) atoms. The maximum absolute atomic E-state index is 12.8. The normalized spacial score (nSPS) is 13.6. The highest BCUT2D eigenvalue weighted by Gasteiger charge is 2.30. The second-order valence-corrected chi connectivity index (χ2v) is 6.51. The molecule has 1 aliphatic rings. The molecule has 1 unspecified atom stereocenters. The molecule has 2 aromatic carbocycles. The third kappa shape index (κ3) is 3.22. The van der Waals surface area contributed by atoms with Crippen LogP contribution in [0.15, 0.2) is 36.4 Å². The van der Waals surface area contributed by atoms with Crippen molar-refractivity contribution in [3.05, 3.63) is 69.8 Å². The van der Waals surface area contributed by atoms with Gasteiger partial charge < -0.3 is 9.84 Å². The van der Waals surface area contributed by atoms with Crippen LogP contribution in [0.3, 0.4) is 0 Å². The zero-order valence-electron chi connectivity index (χ0n) is 15.1. The van der Waals surface area contributed by atoms with Gasteiger partial charge in [-0.15, -0.1) is 0 Å². The van der Waals surface area contributed by atoms with Crippen molar-refractivity contribution in [2.75, 3.05) is 0 Å². The largest absolute Gasteiger partial charge is 0.478 e. The second kappa shape index (κ2) is 7.19. The molecule has 0 bridgehead atoms. The van der Waals surface area contributed by atoms with Crippen molar-refractivity contribution in [1.82, 2.24) is 0 Å². The third-order valence-corrected chi connectivity index (χ3v) is 4.74. The fourth-order valence-electron chi connectivity index (χ4n) is 2.92. The van der Waals surface area contributed by atoms with Crippen molar-refractivity contribution in [3.8, 4) is 0 Å². The molecule has 0 aromatic heterocycles. The Balaban J connectivity index is 2.02. The topological polar surface area (TPSA) is 115 Å². The molecule has 0 saturated heterocycles. The van der Waals surface area contributed by atoms with Crippen LogP contribution in [0.5, 0.6) is 0 Å². The molecular formula is C21H16O7. The standard InChI is InChI=1S/C21H16O7/c1-3-10(2)17(22)13-6-4-11(8-15(13)19(24)25)18(23)12-5-7-14-16(9-12)21(27)28-20(14)26/h4-10H,3H2,1-2H3,(H,24,25). The summed E-state index contributed by atoms with van der Waals surface area (Å²) in [6.45, 7) is 3.53. The predicted octanol–water partition coefficient (Wildman–Crippen LogP) is 3.16. The Hall–Kier alpha value is -3.61. The molecule has 1 aliphatic heterocycles. The van der Waals surface area contributed by atoms with E-state index >= 15 is 0 Å². The molecule has 0 fully saturated rings. The van der Waals surface area contributed by atoms with E-state index < -0.39 is 23.7 Å². The Labute approximate surface area is 159 Å². The number of ketones is 2. The highest BCUT2D eigenvalue weighted by molar-refractivity contribution is 6.17. The van der Waals surface area contributed by atoms with E-state index in [1.807, 2.05) is 6.92 Å². The second-order valence-electron chi connectivity index (χ2n) is 6.51. The van der Waals surface area contributed by atoms with Crippen molar-refractivity contribution in [2.45, 2.75) is 20.3 Å². The first-order valence-electron chi connectivity index (χ1n) is 8.61. The quantitative estimate of drug-likeness (QED) is 0.465. The van der Waals surface area contributed by atoms with Gasteiger partial charge in [0.25, 0.3) is 0 Å². The monoisotopic (exact) mass is 380 g/mol. The van der Waals surface area contributed by atoms with Crippen molar-refractivity contribution in [1.29, 1.82) is 0 Å². The molecule has 2 aromatic rings. The first-order chi connectivity index (χ1) is 13.2. The predicted molar refractivity (Wildman–Crippen MR) is 96.8 cm³/mol. The van der Waals surface area contributed by atoms with Crippen molar-refractivity contribution in [3.63, 3.8) is 0 Å². The molecular weight excluding hydrogens is 364 g/mol. The molecule has 1 heterocycles. The van der Waals surface area contributed by atoms with E-state index in [1.165, 1.54) is 30.3 Å². The number of carbonyl (C=O) groups excluding carboxylic acids is 4. The van der Waals surface area contributed by atoms with E-state index in [1.54, 1.807) is 6.92 Å². The average molecular weight is 380 g/mol. The fourth-order valence-corrected chi connectivity index (χ4v) is 2.92. The summed E-state index contributed by atoms with van der Waals surface area (Å²) >= 11 is 0. The lowest BCUT2D eigenvalue weighted by molar-refractivity contribution is 0.0442. The van der Waals surface area contributed by atoms with E-state index in [-0.39, 0.29) is 45.1 Å². The summed E-state index contributed by atoms with van der Waals surface area (Å²) in [5.74, 6) is -4.13. The Morgan fingerprint density at radius 3 is 2.18 bits per heavy atom. The number of carboxylic acid groups (broad SMARTS) is 1. The van der Waals surface area contributed by atoms with Gasteiger partial charge >= 0.3 is 17.9 Å². The Morgan fingerprint density at radius 1 is 0.929 bits per heavy atom. The van der Waals surface area contributed by atoms with Crippen LogP contribution in [0.25, 0.3) is 0 Å². The van der Waals surface area contributed by atoms with E-state index in [0.29, 0.717) is 6.42 Å². The number of carboxylic acids is 1. The molecule has 3 rings (SSSR count). The van der Waals surface area contributed by atoms with E-state index in [0.717, 1.165) is 6.07 Å². The Kier molecular flexibility index (Phi) is 4.92. The molecule has 0 spiro atoms. The van der Waals surface area contributed by atoms with Gasteiger partial charge in [-0.05, 0) is 30.7 Å². The first kappa shape index (κ1) is 19.2. The number of rotatable bonds is 6. The molecule has 0 amide bonds. The summed E-state index contributed by atoms with van der Waals surface area (Å²) in [7, 11) is 0. The number of benzene rings is 2. The number of ether oxygens (including phenoxy) is 1. The van der Waals surface area contributed by atoms with Crippen LogP contribution in [0.4, 0.5) is 0 Å². The van der Waals surface area contributed by atoms with Crippen LogP contribution in [0.2, 0.25) is 0 Å². The SMILES string of the molecule is CCC(C)C(=O)c1ccc(C(=O)c2ccc3c(c2)C(=O)OC3=O)cc1C(=O)O. The molecule has 7 heteroatoms. The van der Waals surface area contributed by atoms with Crippen LogP contribution in [0, 0.1) is 5.92 Å². The third-order valence-electron chi connectivity index (χ3n) is 4.74. The molecule has 0 saturated carbocycles. The van der Waals surface area contributed by atoms with E-state index in [2.05, 4.69) is 4.74 Å². The number of fused-ring (bicyclic) bond motifs is 1. The summed E-state index contributed by atoms with van der Waals surface area (Å²) in [5, 5.41) is 9.47. The molecule has 1 N–H and O–H groups in total. The smallest absolute Gasteiger partial charge is 0.346 e. The number of cyclic esters (lactones) is 2. The van der Waals surface area contributed by atoms with Gasteiger partial charge in [0.15, 0.2) is 11.6 Å². The van der Waals surface area contributed by atoms with Crippen molar-refractivity contribution >= 4 is 29.5 Å². The van der Waals surface area contributed by atoms with Crippen molar-refractivity contribution < 1.29 is 33.8 Å². The highest BCUT2D eigenvalue weighted by atomic mass is 16.6. The molecule has 7 nitrogen and oxygen atoms in total. The number of hydrogen-bond donors (Lipinski definition) is 1. The summed E-state index contributed by atoms with van der Waals surface area (Å²) < 4.78 is 4.49. The van der Waals surface area contributed by atoms with Crippen LogP contribution in [-0.2, 0) is 4.74 Å². The van der Waals surface area contributed by atoms with Gasteiger partial charge in [0.05, 0.1) is 16.7 Å². The average Bonchev–Trinajstić information content (AvgIpc) is 2.98. The number of aromatic carboxylic acids is 1. The van der Waals surface area contributed by atoms with Crippen LogP contribution in [0.1, 0.15) is 77.6 Å². The van der Waals surface area contributed by atoms with Crippen LogP contribution in [-0.4, -0.2) is 34.6 Å².